The summed E-state index contributed by atoms with van der Waals surface area (Å²) >= 11 is 0. The van der Waals surface area contributed by atoms with Gasteiger partial charge in [-0.15, -0.1) is 0 Å². The van der Waals surface area contributed by atoms with Crippen molar-refractivity contribution in [1.29, 1.82) is 0 Å². The van der Waals surface area contributed by atoms with Gasteiger partial charge < -0.3 is 34.4 Å². The lowest BCUT2D eigenvalue weighted by molar-refractivity contribution is -0.162. The molecule has 5 rings (SSSR count). The van der Waals surface area contributed by atoms with Crippen molar-refractivity contribution < 1.29 is 38.5 Å². The number of nitrogens with one attached hydrogen (secondary N) is 1. The zero-order chi connectivity index (χ0) is 34.1. The van der Waals surface area contributed by atoms with Crippen molar-refractivity contribution in [3.05, 3.63) is 60.2 Å². The van der Waals surface area contributed by atoms with Gasteiger partial charge in [0.05, 0.1) is 24.7 Å². The van der Waals surface area contributed by atoms with Gasteiger partial charge in [-0.3, -0.25) is 19.2 Å². The first-order chi connectivity index (χ1) is 23.4. The highest BCUT2D eigenvalue weighted by Gasteiger charge is 2.73. The van der Waals surface area contributed by atoms with Crippen molar-refractivity contribution in [3.63, 3.8) is 0 Å². The van der Waals surface area contributed by atoms with Crippen molar-refractivity contribution in [2.45, 2.75) is 94.6 Å². The number of benzene rings is 1. The lowest BCUT2D eigenvalue weighted by Crippen LogP contribution is -2.56. The third-order valence-corrected chi connectivity index (χ3v) is 9.99. The number of allylic oxidation sites excluding steroid dienone is 1. The van der Waals surface area contributed by atoms with Gasteiger partial charge in [-0.1, -0.05) is 87.2 Å². The van der Waals surface area contributed by atoms with Crippen molar-refractivity contribution in [2.75, 3.05) is 40.0 Å². The van der Waals surface area contributed by atoms with Gasteiger partial charge in [0.25, 0.3) is 0 Å². The molecule has 262 valence electrons. The molecule has 5 bridgehead atoms. The number of methoxy groups -OCH3 is 1. The van der Waals surface area contributed by atoms with E-state index in [1.807, 2.05) is 48.6 Å². The molecule has 0 saturated carbocycles. The zero-order valence-electron chi connectivity index (χ0n) is 28.3. The minimum atomic E-state index is -1.29. The van der Waals surface area contributed by atoms with E-state index in [0.29, 0.717) is 44.5 Å². The molecule has 48 heavy (non-hydrogen) atoms. The number of aliphatic hydroxyl groups is 1. The van der Waals surface area contributed by atoms with Gasteiger partial charge in [-0.05, 0) is 31.2 Å². The topological polar surface area (TPSA) is 135 Å². The number of carbonyl (C=O) groups excluding carboxylic acids is 4. The van der Waals surface area contributed by atoms with Crippen LogP contribution in [0.25, 0.3) is 0 Å². The van der Waals surface area contributed by atoms with Crippen LogP contribution in [0.2, 0.25) is 0 Å². The number of amides is 3. The van der Waals surface area contributed by atoms with Crippen LogP contribution in [0.1, 0.15) is 76.4 Å². The highest BCUT2D eigenvalue weighted by atomic mass is 16.6. The van der Waals surface area contributed by atoms with Gasteiger partial charge in [0.1, 0.15) is 23.7 Å². The molecule has 0 unspecified atom stereocenters. The van der Waals surface area contributed by atoms with E-state index in [1.54, 1.807) is 15.9 Å². The van der Waals surface area contributed by atoms with E-state index in [-0.39, 0.29) is 37.4 Å². The molecule has 4 heterocycles. The fraction of sp³-hybridized carbons (Fsp3) is 0.622. The molecule has 2 saturated heterocycles. The van der Waals surface area contributed by atoms with Crippen LogP contribution in [-0.2, 0) is 33.4 Å². The minimum Gasteiger partial charge on any atom is -0.455 e. The largest absolute Gasteiger partial charge is 0.455 e. The SMILES string of the molecule is CCCCCN1C/C=C\CCC(=O)N[C@H](COC)[C@@H](c2ccccc2)OC(=O)[C@@H]2[C@@H]3C=C[C@]4(O3)[C@H](C1=O)N(CCCCCCO)C(=O)[C@@H]24. The molecule has 1 aromatic carbocycles. The Balaban J connectivity index is 1.54. The van der Waals surface area contributed by atoms with Crippen molar-refractivity contribution in [1.82, 2.24) is 15.1 Å². The molecular formula is C37H51N3O8. The number of unbranched alkanes of at least 4 members (excludes halogenated alkanes) is 5. The molecule has 4 aliphatic rings. The molecule has 3 amide bonds. The first kappa shape index (κ1) is 35.8. The number of hydrogen-bond donors (Lipinski definition) is 2. The van der Waals surface area contributed by atoms with Crippen molar-refractivity contribution in [2.24, 2.45) is 11.8 Å². The molecule has 2 N–H and O–H groups in total. The zero-order valence-corrected chi connectivity index (χ0v) is 28.3. The van der Waals surface area contributed by atoms with Crippen LogP contribution in [0.4, 0.5) is 0 Å². The number of hydrogen-bond acceptors (Lipinski definition) is 8. The summed E-state index contributed by atoms with van der Waals surface area (Å²) in [6, 6.07) is 7.58. The summed E-state index contributed by atoms with van der Waals surface area (Å²) in [5.41, 5.74) is -0.616. The second-order valence-corrected chi connectivity index (χ2v) is 13.3. The Bertz CT molecular complexity index is 1330. The van der Waals surface area contributed by atoms with Gasteiger partial charge in [0.15, 0.2) is 0 Å². The van der Waals surface area contributed by atoms with E-state index < -0.39 is 47.7 Å². The molecule has 11 nitrogen and oxygen atoms in total. The normalized spacial score (nSPS) is 31.2. The van der Waals surface area contributed by atoms with Crippen molar-refractivity contribution in [3.8, 4) is 0 Å². The maximum atomic E-state index is 14.6. The Morgan fingerprint density at radius 1 is 0.979 bits per heavy atom. The maximum Gasteiger partial charge on any atom is 0.313 e. The Labute approximate surface area is 283 Å². The standard InChI is InChI=1S/C37H51N3O8/c1-3-4-12-21-39-22-13-8-11-18-29(42)38-27(25-46-2)32(26-16-9-7-10-17-26)47-36(45)30-28-19-20-37(48-28)31(30)34(43)40(33(37)35(39)44)23-14-5-6-15-24-41/h7-10,13,16-17,19-20,27-28,30-33,41H,3-6,11-12,14-15,18,21-25H2,1-2H3,(H,38,42)/b13-8-/t27-,28+,30-,31-,32-,33+,37-/m1/s1. The van der Waals surface area contributed by atoms with Gasteiger partial charge in [-0.25, -0.2) is 0 Å². The Kier molecular flexibility index (Phi) is 12.5. The smallest absolute Gasteiger partial charge is 0.313 e. The number of nitrogens with zero attached hydrogens (tertiary/aromatic N) is 2. The molecule has 0 aromatic heterocycles. The summed E-state index contributed by atoms with van der Waals surface area (Å²) in [7, 11) is 1.53. The molecule has 4 aliphatic heterocycles. The average molecular weight is 666 g/mol. The molecular weight excluding hydrogens is 614 g/mol. The predicted octanol–water partition coefficient (Wildman–Crippen LogP) is 3.47. The maximum absolute atomic E-state index is 14.6. The minimum absolute atomic E-state index is 0.0958. The van der Waals surface area contributed by atoms with E-state index in [2.05, 4.69) is 12.2 Å². The van der Waals surface area contributed by atoms with E-state index >= 15 is 0 Å². The van der Waals surface area contributed by atoms with Crippen LogP contribution in [0.3, 0.4) is 0 Å². The summed E-state index contributed by atoms with van der Waals surface area (Å²) in [5.74, 6) is -3.21. The molecule has 7 atom stereocenters. The summed E-state index contributed by atoms with van der Waals surface area (Å²) < 4.78 is 18.3. The summed E-state index contributed by atoms with van der Waals surface area (Å²) in [5, 5.41) is 12.3. The molecule has 0 radical (unpaired) electrons. The Morgan fingerprint density at radius 2 is 1.75 bits per heavy atom. The number of ether oxygens (including phenoxy) is 3. The second-order valence-electron chi connectivity index (χ2n) is 13.3. The molecule has 11 heteroatoms. The molecule has 2 fully saturated rings. The number of rotatable bonds is 13. The van der Waals surface area contributed by atoms with E-state index in [9.17, 15) is 24.3 Å². The van der Waals surface area contributed by atoms with Gasteiger partial charge in [0, 0.05) is 39.8 Å². The van der Waals surface area contributed by atoms with E-state index in [1.165, 1.54) is 7.11 Å². The van der Waals surface area contributed by atoms with Crippen LogP contribution >= 0.6 is 0 Å². The number of likely N-dealkylation sites (tertiary alicyclic amines) is 1. The highest BCUT2D eigenvalue weighted by Crippen LogP contribution is 2.56. The van der Waals surface area contributed by atoms with Crippen LogP contribution in [0.5, 0.6) is 0 Å². The number of cyclic esters (lactones) is 1. The number of fused-ring (bicyclic) bond motifs is 2. The quantitative estimate of drug-likeness (QED) is 0.186. The lowest BCUT2D eigenvalue weighted by Gasteiger charge is -2.36. The third-order valence-electron chi connectivity index (χ3n) is 9.99. The first-order valence-corrected chi connectivity index (χ1v) is 17.6. The number of aliphatic hydroxyl groups excluding tert-OH is 1. The van der Waals surface area contributed by atoms with Crippen LogP contribution in [0.15, 0.2) is 54.6 Å². The molecule has 0 aliphatic carbocycles. The Hall–Kier alpha value is -3.54. The van der Waals surface area contributed by atoms with Crippen LogP contribution < -0.4 is 5.32 Å². The van der Waals surface area contributed by atoms with Gasteiger partial charge in [0.2, 0.25) is 17.7 Å². The fourth-order valence-corrected chi connectivity index (χ4v) is 7.65. The van der Waals surface area contributed by atoms with Crippen molar-refractivity contribution >= 4 is 23.7 Å². The monoisotopic (exact) mass is 665 g/mol. The predicted molar refractivity (Wildman–Crippen MR) is 178 cm³/mol. The first-order valence-electron chi connectivity index (χ1n) is 17.6. The number of esters is 1. The van der Waals surface area contributed by atoms with Gasteiger partial charge in [-0.2, -0.15) is 0 Å². The van der Waals surface area contributed by atoms with E-state index in [0.717, 1.165) is 32.1 Å². The van der Waals surface area contributed by atoms with E-state index in [4.69, 9.17) is 14.2 Å². The summed E-state index contributed by atoms with van der Waals surface area (Å²) in [6.45, 7) is 3.51. The molecule has 1 spiro atoms. The Morgan fingerprint density at radius 3 is 2.50 bits per heavy atom. The lowest BCUT2D eigenvalue weighted by atomic mass is 9.74. The highest BCUT2D eigenvalue weighted by molar-refractivity contribution is 5.99. The average Bonchev–Trinajstić information content (AvgIpc) is 3.73. The summed E-state index contributed by atoms with van der Waals surface area (Å²) in [6.07, 6.45) is 12.2. The fourth-order valence-electron chi connectivity index (χ4n) is 7.65. The molecule has 1 aromatic rings. The summed E-state index contributed by atoms with van der Waals surface area (Å²) in [4.78, 5) is 60.0. The number of carbonyl (C=O) groups is 4. The third kappa shape index (κ3) is 7.53. The van der Waals surface area contributed by atoms with Crippen LogP contribution in [-0.4, -0.2) is 102 Å². The van der Waals surface area contributed by atoms with Gasteiger partial charge >= 0.3 is 5.97 Å². The second kappa shape index (κ2) is 16.7. The van der Waals surface area contributed by atoms with Crippen LogP contribution in [0, 0.1) is 11.8 Å².